The van der Waals surface area contributed by atoms with Crippen molar-refractivity contribution in [2.24, 2.45) is 5.73 Å². The predicted molar refractivity (Wildman–Crippen MR) is 83.1 cm³/mol. The average molecular weight is 277 g/mol. The summed E-state index contributed by atoms with van der Waals surface area (Å²) in [5.41, 5.74) is 7.69. The van der Waals surface area contributed by atoms with E-state index in [1.165, 1.54) is 0 Å². The van der Waals surface area contributed by atoms with Crippen LogP contribution in [0.15, 0.2) is 24.3 Å². The number of rotatable bonds is 4. The van der Waals surface area contributed by atoms with Gasteiger partial charge in [-0.3, -0.25) is 9.80 Å². The fourth-order valence-electron chi connectivity index (χ4n) is 2.85. The van der Waals surface area contributed by atoms with Crippen molar-refractivity contribution in [2.45, 2.75) is 25.4 Å². The number of benzene rings is 1. The molecule has 1 atom stereocenters. The molecular weight excluding hydrogens is 250 g/mol. The highest BCUT2D eigenvalue weighted by atomic mass is 16.5. The molecule has 1 fully saturated rings. The minimum atomic E-state index is -0.00893. The van der Waals surface area contributed by atoms with E-state index >= 15 is 0 Å². The van der Waals surface area contributed by atoms with E-state index in [9.17, 15) is 0 Å². The molecule has 0 aliphatic carbocycles. The van der Waals surface area contributed by atoms with E-state index in [0.29, 0.717) is 0 Å². The molecule has 0 radical (unpaired) electrons. The van der Waals surface area contributed by atoms with Gasteiger partial charge >= 0.3 is 0 Å². The number of piperazine rings is 1. The van der Waals surface area contributed by atoms with Crippen LogP contribution in [0.3, 0.4) is 0 Å². The van der Waals surface area contributed by atoms with Crippen molar-refractivity contribution in [2.75, 3.05) is 40.3 Å². The molecular formula is C16H27N3O. The lowest BCUT2D eigenvalue weighted by Crippen LogP contribution is -2.58. The van der Waals surface area contributed by atoms with Gasteiger partial charge in [0.2, 0.25) is 0 Å². The lowest BCUT2D eigenvalue weighted by Gasteiger charge is -2.46. The van der Waals surface area contributed by atoms with Crippen LogP contribution >= 0.6 is 0 Å². The minimum absolute atomic E-state index is 0.00893. The molecule has 0 amide bonds. The molecule has 1 heterocycles. The number of nitrogens with zero attached hydrogens (tertiary/aromatic N) is 2. The van der Waals surface area contributed by atoms with Crippen LogP contribution in [0.2, 0.25) is 0 Å². The van der Waals surface area contributed by atoms with Crippen LogP contribution in [0.1, 0.15) is 25.5 Å². The van der Waals surface area contributed by atoms with Crippen LogP contribution in [0, 0.1) is 0 Å². The standard InChI is InChI=1S/C16H27N3O/c1-16(2)12-19(10-9-18(16)3)11-14(17)13-7-5-6-8-15(13)20-4/h5-8,14H,9-12,17H2,1-4H3. The number of para-hydroxylation sites is 1. The van der Waals surface area contributed by atoms with Gasteiger partial charge in [0, 0.05) is 43.3 Å². The summed E-state index contributed by atoms with van der Waals surface area (Å²) in [6.07, 6.45) is 0. The van der Waals surface area contributed by atoms with Gasteiger partial charge in [0.25, 0.3) is 0 Å². The monoisotopic (exact) mass is 277 g/mol. The lowest BCUT2D eigenvalue weighted by molar-refractivity contribution is 0.0371. The molecule has 1 aliphatic heterocycles. The third-order valence-corrected chi connectivity index (χ3v) is 4.39. The van der Waals surface area contributed by atoms with Crippen LogP contribution < -0.4 is 10.5 Å². The number of hydrogen-bond acceptors (Lipinski definition) is 4. The maximum atomic E-state index is 6.39. The van der Waals surface area contributed by atoms with Crippen LogP contribution in [-0.4, -0.2) is 55.7 Å². The summed E-state index contributed by atoms with van der Waals surface area (Å²) in [6, 6.07) is 8.03. The van der Waals surface area contributed by atoms with E-state index in [1.54, 1.807) is 7.11 Å². The van der Waals surface area contributed by atoms with E-state index in [-0.39, 0.29) is 11.6 Å². The Morgan fingerprint density at radius 3 is 2.65 bits per heavy atom. The number of methoxy groups -OCH3 is 1. The summed E-state index contributed by atoms with van der Waals surface area (Å²) in [4.78, 5) is 4.87. The molecule has 4 nitrogen and oxygen atoms in total. The normalized spacial score (nSPS) is 21.6. The summed E-state index contributed by atoms with van der Waals surface area (Å²) in [7, 11) is 3.89. The molecule has 0 aromatic heterocycles. The first-order valence-corrected chi connectivity index (χ1v) is 7.26. The van der Waals surface area contributed by atoms with Crippen molar-refractivity contribution in [3.8, 4) is 5.75 Å². The van der Waals surface area contributed by atoms with Gasteiger partial charge < -0.3 is 10.5 Å². The molecule has 1 aromatic rings. The molecule has 0 saturated carbocycles. The zero-order valence-electron chi connectivity index (χ0n) is 13.1. The van der Waals surface area contributed by atoms with Gasteiger partial charge in [-0.2, -0.15) is 0 Å². The zero-order chi connectivity index (χ0) is 14.8. The van der Waals surface area contributed by atoms with Crippen molar-refractivity contribution in [1.29, 1.82) is 0 Å². The Kier molecular flexibility index (Phi) is 4.68. The molecule has 1 aromatic carbocycles. The smallest absolute Gasteiger partial charge is 0.123 e. The van der Waals surface area contributed by atoms with Gasteiger partial charge in [-0.1, -0.05) is 18.2 Å². The Morgan fingerprint density at radius 1 is 1.30 bits per heavy atom. The summed E-state index contributed by atoms with van der Waals surface area (Å²) in [5.74, 6) is 0.883. The summed E-state index contributed by atoms with van der Waals surface area (Å²) >= 11 is 0. The third kappa shape index (κ3) is 3.32. The van der Waals surface area contributed by atoms with Gasteiger partial charge in [0.1, 0.15) is 5.75 Å². The maximum absolute atomic E-state index is 6.39. The second-order valence-corrected chi connectivity index (χ2v) is 6.32. The second kappa shape index (κ2) is 6.12. The largest absolute Gasteiger partial charge is 0.496 e. The Morgan fingerprint density at radius 2 is 2.00 bits per heavy atom. The highest BCUT2D eigenvalue weighted by molar-refractivity contribution is 5.35. The molecule has 2 N–H and O–H groups in total. The Hall–Kier alpha value is -1.10. The summed E-state index contributed by atoms with van der Waals surface area (Å²) in [5, 5.41) is 0. The fourth-order valence-corrected chi connectivity index (χ4v) is 2.85. The van der Waals surface area contributed by atoms with Crippen molar-refractivity contribution < 1.29 is 4.74 Å². The Balaban J connectivity index is 2.03. The van der Waals surface area contributed by atoms with Crippen LogP contribution in [-0.2, 0) is 0 Å². The van der Waals surface area contributed by atoms with Crippen molar-refractivity contribution in [3.63, 3.8) is 0 Å². The average Bonchev–Trinajstić information content (AvgIpc) is 2.42. The lowest BCUT2D eigenvalue weighted by atomic mass is 9.98. The van der Waals surface area contributed by atoms with Crippen LogP contribution in [0.4, 0.5) is 0 Å². The number of hydrogen-bond donors (Lipinski definition) is 1. The second-order valence-electron chi connectivity index (χ2n) is 6.32. The SMILES string of the molecule is COc1ccccc1C(N)CN1CCN(C)C(C)(C)C1. The summed E-state index contributed by atoms with van der Waals surface area (Å²) < 4.78 is 5.41. The number of likely N-dealkylation sites (N-methyl/N-ethyl adjacent to an activating group) is 1. The molecule has 0 spiro atoms. The van der Waals surface area contributed by atoms with Gasteiger partial charge in [-0.25, -0.2) is 0 Å². The topological polar surface area (TPSA) is 41.7 Å². The van der Waals surface area contributed by atoms with Crippen molar-refractivity contribution >= 4 is 0 Å². The number of nitrogens with two attached hydrogens (primary N) is 1. The van der Waals surface area contributed by atoms with Gasteiger partial charge in [-0.05, 0) is 27.0 Å². The van der Waals surface area contributed by atoms with E-state index in [0.717, 1.165) is 37.5 Å². The first-order chi connectivity index (χ1) is 9.44. The molecule has 1 aliphatic rings. The fraction of sp³-hybridized carbons (Fsp3) is 0.625. The van der Waals surface area contributed by atoms with E-state index in [2.05, 4.69) is 36.8 Å². The van der Waals surface area contributed by atoms with Gasteiger partial charge in [0.05, 0.1) is 7.11 Å². The molecule has 1 unspecified atom stereocenters. The quantitative estimate of drug-likeness (QED) is 0.910. The van der Waals surface area contributed by atoms with E-state index in [4.69, 9.17) is 10.5 Å². The van der Waals surface area contributed by atoms with E-state index in [1.807, 2.05) is 18.2 Å². The van der Waals surface area contributed by atoms with Gasteiger partial charge in [-0.15, -0.1) is 0 Å². The molecule has 2 rings (SSSR count). The van der Waals surface area contributed by atoms with E-state index < -0.39 is 0 Å². The highest BCUT2D eigenvalue weighted by Crippen LogP contribution is 2.25. The number of ether oxygens (including phenoxy) is 1. The zero-order valence-corrected chi connectivity index (χ0v) is 13.1. The minimum Gasteiger partial charge on any atom is -0.496 e. The summed E-state index contributed by atoms with van der Waals surface area (Å²) in [6.45, 7) is 8.65. The predicted octanol–water partition coefficient (Wildman–Crippen LogP) is 1.72. The highest BCUT2D eigenvalue weighted by Gasteiger charge is 2.31. The van der Waals surface area contributed by atoms with Crippen LogP contribution in [0.25, 0.3) is 0 Å². The Labute approximate surface area is 122 Å². The molecule has 0 bridgehead atoms. The molecule has 112 valence electrons. The Bertz CT molecular complexity index is 447. The van der Waals surface area contributed by atoms with Crippen molar-refractivity contribution in [3.05, 3.63) is 29.8 Å². The molecule has 20 heavy (non-hydrogen) atoms. The third-order valence-electron chi connectivity index (χ3n) is 4.39. The molecule has 4 heteroatoms. The maximum Gasteiger partial charge on any atom is 0.123 e. The van der Waals surface area contributed by atoms with Gasteiger partial charge in [0.15, 0.2) is 0 Å². The molecule has 1 saturated heterocycles. The van der Waals surface area contributed by atoms with Crippen LogP contribution in [0.5, 0.6) is 5.75 Å². The van der Waals surface area contributed by atoms with Crippen molar-refractivity contribution in [1.82, 2.24) is 9.80 Å². The first-order valence-electron chi connectivity index (χ1n) is 7.26. The first kappa shape index (κ1) is 15.3.